The van der Waals surface area contributed by atoms with Crippen LogP contribution in [0.1, 0.15) is 24.1 Å². The molecule has 4 heteroatoms. The van der Waals surface area contributed by atoms with Crippen molar-refractivity contribution in [3.8, 4) is 0 Å². The molecule has 1 heterocycles. The van der Waals surface area contributed by atoms with E-state index in [4.69, 9.17) is 0 Å². The lowest BCUT2D eigenvalue weighted by molar-refractivity contribution is 0.614. The molecule has 1 N–H and O–H groups in total. The molecule has 1 aromatic heterocycles. The van der Waals surface area contributed by atoms with Crippen molar-refractivity contribution in [1.29, 1.82) is 0 Å². The number of rotatable bonds is 3. The maximum Gasteiger partial charge on any atom is 0.126 e. The fraction of sp³-hybridized carbons (Fsp3) is 0.214. The summed E-state index contributed by atoms with van der Waals surface area (Å²) < 4.78 is 14.4. The van der Waals surface area contributed by atoms with Crippen LogP contribution in [0.15, 0.2) is 41.1 Å². The van der Waals surface area contributed by atoms with E-state index in [1.165, 1.54) is 0 Å². The van der Waals surface area contributed by atoms with E-state index in [1.54, 1.807) is 31.5 Å². The summed E-state index contributed by atoms with van der Waals surface area (Å²) in [6.45, 7) is 3.75. The molecular weight excluding hydrogens is 295 g/mol. The molecule has 2 nitrogen and oxygen atoms in total. The Bertz CT molecular complexity index is 557. The third kappa shape index (κ3) is 3.07. The molecule has 18 heavy (non-hydrogen) atoms. The van der Waals surface area contributed by atoms with Crippen LogP contribution >= 0.6 is 15.9 Å². The second-order valence-electron chi connectivity index (χ2n) is 4.27. The van der Waals surface area contributed by atoms with Crippen LogP contribution in [0.3, 0.4) is 0 Å². The number of halogens is 2. The lowest BCUT2D eigenvalue weighted by atomic mass is 10.1. The Morgan fingerprint density at radius 1 is 1.28 bits per heavy atom. The molecule has 0 aliphatic rings. The predicted octanol–water partition coefficient (Wildman–Crippen LogP) is 4.46. The predicted molar refractivity (Wildman–Crippen MR) is 75.1 cm³/mol. The van der Waals surface area contributed by atoms with Gasteiger partial charge in [-0.2, -0.15) is 0 Å². The monoisotopic (exact) mass is 308 g/mol. The zero-order valence-electron chi connectivity index (χ0n) is 10.2. The summed E-state index contributed by atoms with van der Waals surface area (Å²) in [5.74, 6) is -0.173. The average Bonchev–Trinajstić information content (AvgIpc) is 2.32. The highest BCUT2D eigenvalue weighted by molar-refractivity contribution is 9.10. The van der Waals surface area contributed by atoms with Gasteiger partial charge in [-0.1, -0.05) is 12.1 Å². The molecule has 0 bridgehead atoms. The van der Waals surface area contributed by atoms with Gasteiger partial charge in [-0.05, 0) is 53.0 Å². The molecule has 0 radical (unpaired) electrons. The van der Waals surface area contributed by atoms with E-state index in [1.807, 2.05) is 19.1 Å². The Morgan fingerprint density at radius 3 is 2.72 bits per heavy atom. The van der Waals surface area contributed by atoms with Crippen molar-refractivity contribution in [3.05, 3.63) is 58.1 Å². The number of nitrogens with zero attached hydrogens (tertiary/aromatic N) is 1. The van der Waals surface area contributed by atoms with E-state index in [-0.39, 0.29) is 11.9 Å². The highest BCUT2D eigenvalue weighted by Gasteiger charge is 2.08. The number of hydrogen-bond acceptors (Lipinski definition) is 2. The molecule has 2 rings (SSSR count). The summed E-state index contributed by atoms with van der Waals surface area (Å²) in [4.78, 5) is 4.08. The summed E-state index contributed by atoms with van der Waals surface area (Å²) in [7, 11) is 0. The zero-order valence-corrected chi connectivity index (χ0v) is 11.8. The minimum Gasteiger partial charge on any atom is -0.377 e. The quantitative estimate of drug-likeness (QED) is 0.905. The molecule has 0 saturated carbocycles. The number of nitrogens with one attached hydrogen (secondary N) is 1. The molecule has 0 aliphatic carbocycles. The summed E-state index contributed by atoms with van der Waals surface area (Å²) in [6, 6.07) is 7.26. The van der Waals surface area contributed by atoms with Gasteiger partial charge in [0.25, 0.3) is 0 Å². The molecule has 1 aromatic carbocycles. The Morgan fingerprint density at radius 2 is 2.06 bits per heavy atom. The van der Waals surface area contributed by atoms with Gasteiger partial charge in [-0.25, -0.2) is 4.39 Å². The van der Waals surface area contributed by atoms with Gasteiger partial charge in [0.15, 0.2) is 0 Å². The van der Waals surface area contributed by atoms with Gasteiger partial charge >= 0.3 is 0 Å². The fourth-order valence-electron chi connectivity index (χ4n) is 1.70. The first-order valence-electron chi connectivity index (χ1n) is 5.69. The van der Waals surface area contributed by atoms with E-state index in [0.29, 0.717) is 5.56 Å². The van der Waals surface area contributed by atoms with Crippen LogP contribution in [0, 0.1) is 12.7 Å². The van der Waals surface area contributed by atoms with Gasteiger partial charge in [0.05, 0.1) is 11.9 Å². The van der Waals surface area contributed by atoms with Crippen molar-refractivity contribution in [2.24, 2.45) is 0 Å². The van der Waals surface area contributed by atoms with Gasteiger partial charge in [-0.3, -0.25) is 4.98 Å². The Balaban J connectivity index is 2.16. The molecule has 94 valence electrons. The second-order valence-corrected chi connectivity index (χ2v) is 5.18. The Hall–Kier alpha value is -1.42. The molecule has 0 fully saturated rings. The van der Waals surface area contributed by atoms with Crippen molar-refractivity contribution >= 4 is 21.6 Å². The summed E-state index contributed by atoms with van der Waals surface area (Å²) in [6.07, 6.45) is 3.47. The van der Waals surface area contributed by atoms with Gasteiger partial charge in [0, 0.05) is 16.7 Å². The molecule has 2 aromatic rings. The maximum absolute atomic E-state index is 13.5. The lowest BCUT2D eigenvalue weighted by Gasteiger charge is -2.16. The molecule has 1 unspecified atom stereocenters. The molecular formula is C14H14BrFN2. The van der Waals surface area contributed by atoms with Crippen molar-refractivity contribution in [3.63, 3.8) is 0 Å². The summed E-state index contributed by atoms with van der Waals surface area (Å²) in [5, 5.41) is 3.29. The molecule has 0 spiro atoms. The number of aromatic nitrogens is 1. The highest BCUT2D eigenvalue weighted by atomic mass is 79.9. The van der Waals surface area contributed by atoms with Gasteiger partial charge in [0.2, 0.25) is 0 Å². The van der Waals surface area contributed by atoms with Crippen molar-refractivity contribution in [2.75, 3.05) is 5.32 Å². The van der Waals surface area contributed by atoms with E-state index in [9.17, 15) is 4.39 Å². The third-order valence-corrected chi connectivity index (χ3v) is 3.22. The van der Waals surface area contributed by atoms with Crippen LogP contribution < -0.4 is 5.32 Å². The van der Waals surface area contributed by atoms with Crippen LogP contribution in [0.4, 0.5) is 10.1 Å². The van der Waals surface area contributed by atoms with Crippen molar-refractivity contribution in [2.45, 2.75) is 19.9 Å². The van der Waals surface area contributed by atoms with Gasteiger partial charge in [0.1, 0.15) is 5.82 Å². The van der Waals surface area contributed by atoms with Crippen molar-refractivity contribution < 1.29 is 4.39 Å². The number of anilines is 1. The Labute approximate surface area is 114 Å². The minimum absolute atomic E-state index is 0.0243. The molecule has 0 saturated heterocycles. The van der Waals surface area contributed by atoms with Crippen LogP contribution in [0.25, 0.3) is 0 Å². The van der Waals surface area contributed by atoms with E-state index < -0.39 is 0 Å². The highest BCUT2D eigenvalue weighted by Crippen LogP contribution is 2.22. The number of aryl methyl sites for hydroxylation is 1. The Kier molecular flexibility index (Phi) is 3.97. The third-order valence-electron chi connectivity index (χ3n) is 2.78. The molecule has 1 atom stereocenters. The smallest absolute Gasteiger partial charge is 0.126 e. The van der Waals surface area contributed by atoms with E-state index >= 15 is 0 Å². The zero-order chi connectivity index (χ0) is 13.1. The lowest BCUT2D eigenvalue weighted by Crippen LogP contribution is -2.07. The average molecular weight is 309 g/mol. The van der Waals surface area contributed by atoms with E-state index in [0.717, 1.165) is 15.7 Å². The van der Waals surface area contributed by atoms with Crippen LogP contribution in [0.2, 0.25) is 0 Å². The van der Waals surface area contributed by atoms with E-state index in [2.05, 4.69) is 26.2 Å². The molecule has 0 aliphatic heterocycles. The van der Waals surface area contributed by atoms with Crippen LogP contribution in [-0.4, -0.2) is 4.98 Å². The first-order chi connectivity index (χ1) is 8.56. The van der Waals surface area contributed by atoms with Gasteiger partial charge in [-0.15, -0.1) is 0 Å². The van der Waals surface area contributed by atoms with Crippen molar-refractivity contribution in [1.82, 2.24) is 4.98 Å². The first-order valence-corrected chi connectivity index (χ1v) is 6.48. The maximum atomic E-state index is 13.5. The SMILES string of the molecule is Cc1ccc(C(C)Nc2cncc(Br)c2)cc1F. The normalized spacial score (nSPS) is 12.2. The second kappa shape index (κ2) is 5.48. The summed E-state index contributed by atoms with van der Waals surface area (Å²) >= 11 is 3.37. The first kappa shape index (κ1) is 13.0. The number of pyridine rings is 1. The van der Waals surface area contributed by atoms with Crippen LogP contribution in [-0.2, 0) is 0 Å². The van der Waals surface area contributed by atoms with Gasteiger partial charge < -0.3 is 5.32 Å². The fourth-order valence-corrected chi connectivity index (χ4v) is 2.07. The van der Waals surface area contributed by atoms with Crippen LogP contribution in [0.5, 0.6) is 0 Å². The standard InChI is InChI=1S/C14H14BrFN2/c1-9-3-4-11(5-14(9)16)10(2)18-13-6-12(15)7-17-8-13/h3-8,10,18H,1-2H3. The minimum atomic E-state index is -0.173. The topological polar surface area (TPSA) is 24.9 Å². The largest absolute Gasteiger partial charge is 0.377 e. The molecule has 0 amide bonds. The number of hydrogen-bond donors (Lipinski definition) is 1. The summed E-state index contributed by atoms with van der Waals surface area (Å²) in [5.41, 5.74) is 2.48. The number of benzene rings is 1.